The first-order valence-electron chi connectivity index (χ1n) is 9.51. The number of hydrogen-bond acceptors (Lipinski definition) is 5. The molecule has 1 aliphatic rings. The van der Waals surface area contributed by atoms with Gasteiger partial charge < -0.3 is 9.72 Å². The highest BCUT2D eigenvalue weighted by Gasteiger charge is 2.26. The van der Waals surface area contributed by atoms with Gasteiger partial charge in [-0.1, -0.05) is 6.42 Å². The average Bonchev–Trinajstić information content (AvgIpc) is 3.22. The number of anilines is 2. The predicted octanol–water partition coefficient (Wildman–Crippen LogP) is 3.59. The van der Waals surface area contributed by atoms with E-state index >= 15 is 0 Å². The number of ether oxygens (including phenoxy) is 1. The highest BCUT2D eigenvalue weighted by Crippen LogP contribution is 2.28. The topological polar surface area (TPSA) is 116 Å². The first-order valence-corrected chi connectivity index (χ1v) is 11.0. The van der Waals surface area contributed by atoms with Crippen LogP contribution in [0.1, 0.15) is 19.3 Å². The maximum absolute atomic E-state index is 14.8. The van der Waals surface area contributed by atoms with Gasteiger partial charge in [-0.15, -0.1) is 0 Å². The number of fused-ring (bicyclic) bond motifs is 1. The van der Waals surface area contributed by atoms with Crippen LogP contribution < -0.4 is 14.8 Å². The Kier molecular flexibility index (Phi) is 5.74. The average molecular weight is 451 g/mol. The molecule has 1 aromatic carbocycles. The molecule has 164 valence electrons. The van der Waals surface area contributed by atoms with Crippen LogP contribution in [0.5, 0.6) is 5.75 Å². The van der Waals surface area contributed by atoms with Gasteiger partial charge in [0.25, 0.3) is 0 Å². The van der Waals surface area contributed by atoms with E-state index in [0.29, 0.717) is 37.0 Å². The minimum atomic E-state index is -4.02. The van der Waals surface area contributed by atoms with Crippen molar-refractivity contribution in [2.75, 3.05) is 23.1 Å². The van der Waals surface area contributed by atoms with E-state index in [9.17, 15) is 22.0 Å². The van der Waals surface area contributed by atoms with Crippen molar-refractivity contribution in [3.05, 3.63) is 48.3 Å². The molecule has 2 aromatic heterocycles. The lowest BCUT2D eigenvalue weighted by Crippen LogP contribution is -2.39. The summed E-state index contributed by atoms with van der Waals surface area (Å²) in [6, 6.07) is 5.03. The third-order valence-electron chi connectivity index (χ3n) is 4.80. The molecular formula is C19H19F2N5O4S. The number of halogens is 2. The Labute approximate surface area is 176 Å². The van der Waals surface area contributed by atoms with Crippen LogP contribution in [0.2, 0.25) is 0 Å². The summed E-state index contributed by atoms with van der Waals surface area (Å²) < 4.78 is 62.3. The highest BCUT2D eigenvalue weighted by atomic mass is 32.2. The van der Waals surface area contributed by atoms with E-state index in [0.717, 1.165) is 18.6 Å². The number of pyridine rings is 1. The molecule has 0 spiro atoms. The fourth-order valence-corrected chi connectivity index (χ4v) is 4.57. The molecule has 0 bridgehead atoms. The van der Waals surface area contributed by atoms with Gasteiger partial charge in [-0.05, 0) is 37.1 Å². The minimum Gasteiger partial charge on any atom is -0.408 e. The number of H-pyrrole nitrogens is 1. The van der Waals surface area contributed by atoms with Crippen LogP contribution in [0, 0.1) is 11.6 Å². The van der Waals surface area contributed by atoms with Gasteiger partial charge in [0.1, 0.15) is 17.2 Å². The largest absolute Gasteiger partial charge is 0.417 e. The lowest BCUT2D eigenvalue weighted by atomic mass is 10.2. The number of nitrogens with zero attached hydrogens (tertiary/aromatic N) is 2. The normalized spacial score (nSPS) is 15.0. The van der Waals surface area contributed by atoms with Gasteiger partial charge in [0.05, 0.1) is 11.9 Å². The summed E-state index contributed by atoms with van der Waals surface area (Å²) in [5, 5.41) is 2.66. The van der Waals surface area contributed by atoms with Crippen LogP contribution in [0.25, 0.3) is 11.0 Å². The van der Waals surface area contributed by atoms with Gasteiger partial charge in [-0.25, -0.2) is 18.6 Å². The number of aromatic nitrogens is 2. The zero-order chi connectivity index (χ0) is 22.0. The van der Waals surface area contributed by atoms with E-state index in [2.05, 4.69) is 14.7 Å². The molecule has 12 heteroatoms. The van der Waals surface area contributed by atoms with Crippen LogP contribution >= 0.6 is 0 Å². The second kappa shape index (κ2) is 8.47. The van der Waals surface area contributed by atoms with Crippen molar-refractivity contribution in [3.8, 4) is 5.75 Å². The molecule has 31 heavy (non-hydrogen) atoms. The third-order valence-corrected chi connectivity index (χ3v) is 6.32. The lowest BCUT2D eigenvalue weighted by Gasteiger charge is -2.26. The van der Waals surface area contributed by atoms with Crippen molar-refractivity contribution in [2.24, 2.45) is 0 Å². The van der Waals surface area contributed by atoms with E-state index in [1.807, 2.05) is 5.32 Å². The SMILES string of the molecule is O=C(Nc1c(F)ccc(NS(=O)(=O)N2CCCCC2)c1F)Oc1cnc2[nH]ccc2c1. The third kappa shape index (κ3) is 4.59. The number of aromatic amines is 1. The second-order valence-electron chi connectivity index (χ2n) is 6.95. The first kappa shape index (κ1) is 21.0. The molecule has 0 radical (unpaired) electrons. The van der Waals surface area contributed by atoms with E-state index in [1.54, 1.807) is 12.3 Å². The summed E-state index contributed by atoms with van der Waals surface area (Å²) in [7, 11) is -4.02. The van der Waals surface area contributed by atoms with E-state index in [1.165, 1.54) is 16.6 Å². The molecule has 0 unspecified atom stereocenters. The molecule has 1 aliphatic heterocycles. The van der Waals surface area contributed by atoms with Crippen molar-refractivity contribution in [3.63, 3.8) is 0 Å². The van der Waals surface area contributed by atoms with Crippen LogP contribution in [0.4, 0.5) is 25.0 Å². The Balaban J connectivity index is 1.50. The number of amides is 1. The number of carbonyl (C=O) groups is 1. The van der Waals surface area contributed by atoms with Crippen molar-refractivity contribution in [1.82, 2.24) is 14.3 Å². The van der Waals surface area contributed by atoms with E-state index < -0.39 is 39.3 Å². The van der Waals surface area contributed by atoms with E-state index in [4.69, 9.17) is 4.74 Å². The molecule has 0 saturated carbocycles. The monoisotopic (exact) mass is 451 g/mol. The number of piperidine rings is 1. The Morgan fingerprint density at radius 2 is 1.94 bits per heavy atom. The first-order chi connectivity index (χ1) is 14.8. The van der Waals surface area contributed by atoms with Crippen molar-refractivity contribution in [1.29, 1.82) is 0 Å². The summed E-state index contributed by atoms with van der Waals surface area (Å²) >= 11 is 0. The zero-order valence-corrected chi connectivity index (χ0v) is 17.0. The summed E-state index contributed by atoms with van der Waals surface area (Å²) in [4.78, 5) is 19.1. The molecule has 1 amide bonds. The Bertz CT molecular complexity index is 1230. The van der Waals surface area contributed by atoms with Crippen LogP contribution in [-0.4, -0.2) is 41.9 Å². The van der Waals surface area contributed by atoms with Crippen LogP contribution in [-0.2, 0) is 10.2 Å². The van der Waals surface area contributed by atoms with Gasteiger partial charge >= 0.3 is 16.3 Å². The molecule has 3 N–H and O–H groups in total. The van der Waals surface area contributed by atoms with Crippen molar-refractivity contribution in [2.45, 2.75) is 19.3 Å². The Morgan fingerprint density at radius 1 is 1.16 bits per heavy atom. The zero-order valence-electron chi connectivity index (χ0n) is 16.2. The standard InChI is InChI=1S/C19H19F2N5O4S/c20-14-4-5-15(25-31(28,29)26-8-2-1-3-9-26)16(21)17(14)24-19(27)30-13-10-12-6-7-22-18(12)23-11-13/h4-7,10-11,25H,1-3,8-9H2,(H,22,23)(H,24,27). The lowest BCUT2D eigenvalue weighted by molar-refractivity contribution is 0.215. The molecule has 9 nitrogen and oxygen atoms in total. The summed E-state index contributed by atoms with van der Waals surface area (Å²) in [5.74, 6) is -2.29. The van der Waals surface area contributed by atoms with Crippen LogP contribution in [0.15, 0.2) is 36.7 Å². The summed E-state index contributed by atoms with van der Waals surface area (Å²) in [6.07, 6.45) is 4.09. The van der Waals surface area contributed by atoms with Crippen molar-refractivity contribution >= 4 is 38.7 Å². The smallest absolute Gasteiger partial charge is 0.408 e. The molecular weight excluding hydrogens is 432 g/mol. The molecule has 0 atom stereocenters. The number of hydrogen-bond donors (Lipinski definition) is 3. The minimum absolute atomic E-state index is 0.0624. The Hall–Kier alpha value is -3.25. The number of nitrogens with one attached hydrogen (secondary N) is 3. The predicted molar refractivity (Wildman–Crippen MR) is 110 cm³/mol. The fourth-order valence-electron chi connectivity index (χ4n) is 3.26. The molecule has 3 aromatic rings. The highest BCUT2D eigenvalue weighted by molar-refractivity contribution is 7.90. The number of benzene rings is 1. The molecule has 3 heterocycles. The van der Waals surface area contributed by atoms with E-state index in [-0.39, 0.29) is 5.75 Å². The maximum atomic E-state index is 14.8. The van der Waals surface area contributed by atoms with Crippen LogP contribution in [0.3, 0.4) is 0 Å². The second-order valence-corrected chi connectivity index (χ2v) is 8.62. The fraction of sp³-hybridized carbons (Fsp3) is 0.263. The van der Waals surface area contributed by atoms with Gasteiger partial charge in [-0.2, -0.15) is 12.7 Å². The summed E-state index contributed by atoms with van der Waals surface area (Å²) in [6.45, 7) is 0.629. The molecule has 1 fully saturated rings. The maximum Gasteiger partial charge on any atom is 0.417 e. The number of rotatable bonds is 5. The van der Waals surface area contributed by atoms with Gasteiger partial charge in [0.2, 0.25) is 0 Å². The Morgan fingerprint density at radius 3 is 2.71 bits per heavy atom. The van der Waals surface area contributed by atoms with Gasteiger partial charge in [0.15, 0.2) is 11.6 Å². The molecule has 4 rings (SSSR count). The van der Waals surface area contributed by atoms with Crippen molar-refractivity contribution < 1.29 is 26.7 Å². The molecule has 1 saturated heterocycles. The molecule has 0 aliphatic carbocycles. The summed E-state index contributed by atoms with van der Waals surface area (Å²) in [5.41, 5.74) is -0.740. The van der Waals surface area contributed by atoms with Gasteiger partial charge in [-0.3, -0.25) is 10.0 Å². The quantitative estimate of drug-likeness (QED) is 0.548. The number of carbonyl (C=O) groups excluding carboxylic acids is 1. The van der Waals surface area contributed by atoms with Gasteiger partial charge in [0, 0.05) is 24.7 Å².